The Morgan fingerprint density at radius 3 is 2.08 bits per heavy atom. The van der Waals surface area contributed by atoms with E-state index < -0.39 is 36.4 Å². The van der Waals surface area contributed by atoms with Gasteiger partial charge in [0.2, 0.25) is 0 Å². The van der Waals surface area contributed by atoms with Crippen molar-refractivity contribution in [1.29, 1.82) is 0 Å². The van der Waals surface area contributed by atoms with Gasteiger partial charge in [-0.2, -0.15) is 0 Å². The van der Waals surface area contributed by atoms with Crippen molar-refractivity contribution >= 4 is 23.6 Å². The van der Waals surface area contributed by atoms with Gasteiger partial charge in [0.1, 0.15) is 0 Å². The van der Waals surface area contributed by atoms with Crippen LogP contribution in [0.1, 0.15) is 76.7 Å². The number of hydrogen-bond donors (Lipinski definition) is 6. The Morgan fingerprint density at radius 2 is 1.61 bits per heavy atom. The molecule has 0 amide bonds. The van der Waals surface area contributed by atoms with E-state index >= 15 is 0 Å². The predicted molar refractivity (Wildman–Crippen MR) is 141 cm³/mol. The molecule has 212 valence electrons. The fourth-order valence-corrected chi connectivity index (χ4v) is 6.79. The van der Waals surface area contributed by atoms with Gasteiger partial charge in [-0.3, -0.25) is 9.59 Å². The van der Waals surface area contributed by atoms with Crippen LogP contribution in [-0.4, -0.2) is 79.2 Å². The number of nitrogens with two attached hydrogens (primary N) is 1. The zero-order valence-electron chi connectivity index (χ0n) is 22.1. The molecular formula is C28H42N2O8. The van der Waals surface area contributed by atoms with Crippen LogP contribution in [0.25, 0.3) is 0 Å². The molecule has 1 aromatic rings. The molecule has 0 bridgehead atoms. The minimum Gasteiger partial charge on any atom is -0.481 e. The summed E-state index contributed by atoms with van der Waals surface area (Å²) in [6.07, 6.45) is 6.84. The van der Waals surface area contributed by atoms with Crippen LogP contribution in [0.4, 0.5) is 5.69 Å². The quantitative estimate of drug-likeness (QED) is 0.231. The molecule has 4 rings (SSSR count). The first-order valence-corrected chi connectivity index (χ1v) is 13.6. The third-order valence-corrected chi connectivity index (χ3v) is 8.80. The van der Waals surface area contributed by atoms with Crippen molar-refractivity contribution in [2.45, 2.75) is 87.7 Å². The highest BCUT2D eigenvalue weighted by atomic mass is 16.4. The number of carboxylic acids is 3. The number of benzene rings is 1. The Labute approximate surface area is 223 Å². The standard InChI is InChI=1S/C22H34N2O.C6H8O7/c1-2-22(17-8-6-9-18(23)14-17)19-15-24(16-20(19)22)13-7-12-21(25)10-4-3-5-11-21;7-3(8)1-6(13,5(11)12)2-4(9)10/h6,8-9,14,19-20,25H,2-5,7,10-13,15-16,23H2,1H3;13H,1-2H2,(H,7,8)(H,9,10)(H,11,12). The average molecular weight is 535 g/mol. The molecule has 1 aliphatic heterocycles. The van der Waals surface area contributed by atoms with Crippen LogP contribution in [0.5, 0.6) is 0 Å². The van der Waals surface area contributed by atoms with Crippen LogP contribution in [0.2, 0.25) is 0 Å². The number of carboxylic acid groups (broad SMARTS) is 3. The Balaban J connectivity index is 0.000000263. The maximum atomic E-state index is 10.7. The van der Waals surface area contributed by atoms with Gasteiger partial charge in [-0.05, 0) is 68.2 Å². The van der Waals surface area contributed by atoms with Crippen LogP contribution in [0.15, 0.2) is 24.3 Å². The molecule has 1 saturated heterocycles. The summed E-state index contributed by atoms with van der Waals surface area (Å²) in [7, 11) is 0. The van der Waals surface area contributed by atoms with Crippen LogP contribution >= 0.6 is 0 Å². The summed E-state index contributed by atoms with van der Waals surface area (Å²) in [6, 6.07) is 8.58. The summed E-state index contributed by atoms with van der Waals surface area (Å²) in [5.74, 6) is -3.41. The SMILES string of the molecule is CCC1(c2cccc(N)c2)C2CN(CCCC3(O)CCCCC3)CC21.O=C(O)CC(O)(CC(=O)O)C(=O)O. The number of anilines is 1. The molecular weight excluding hydrogens is 492 g/mol. The number of likely N-dealkylation sites (tertiary alicyclic amines) is 1. The first-order chi connectivity index (χ1) is 17.8. The molecule has 1 aromatic carbocycles. The van der Waals surface area contributed by atoms with Crippen molar-refractivity contribution in [3.8, 4) is 0 Å². The smallest absolute Gasteiger partial charge is 0.336 e. The van der Waals surface area contributed by atoms with Crippen LogP contribution < -0.4 is 5.73 Å². The maximum Gasteiger partial charge on any atom is 0.336 e. The Morgan fingerprint density at radius 1 is 1.03 bits per heavy atom. The van der Waals surface area contributed by atoms with Gasteiger partial charge in [-0.15, -0.1) is 0 Å². The number of aliphatic carboxylic acids is 3. The minimum atomic E-state index is -2.74. The van der Waals surface area contributed by atoms with Crippen LogP contribution in [-0.2, 0) is 19.8 Å². The number of rotatable bonds is 11. The molecule has 0 aromatic heterocycles. The molecule has 38 heavy (non-hydrogen) atoms. The number of hydrogen-bond acceptors (Lipinski definition) is 7. The number of nitrogens with zero attached hydrogens (tertiary/aromatic N) is 1. The molecule has 3 aliphatic rings. The summed E-state index contributed by atoms with van der Waals surface area (Å²) in [5.41, 5.74) is 5.68. The van der Waals surface area contributed by atoms with Crippen molar-refractivity contribution in [3.63, 3.8) is 0 Å². The van der Waals surface area contributed by atoms with Crippen LogP contribution in [0.3, 0.4) is 0 Å². The second-order valence-electron chi connectivity index (χ2n) is 11.4. The predicted octanol–water partition coefficient (Wildman–Crippen LogP) is 2.71. The van der Waals surface area contributed by atoms with E-state index in [1.54, 1.807) is 0 Å². The molecule has 2 aliphatic carbocycles. The van der Waals surface area contributed by atoms with E-state index in [-0.39, 0.29) is 5.60 Å². The van der Waals surface area contributed by atoms with Crippen molar-refractivity contribution < 1.29 is 39.9 Å². The summed E-state index contributed by atoms with van der Waals surface area (Å²) >= 11 is 0. The number of nitrogen functional groups attached to an aromatic ring is 1. The Kier molecular flexibility index (Phi) is 9.43. The molecule has 1 heterocycles. The average Bonchev–Trinajstić information content (AvgIpc) is 3.21. The lowest BCUT2D eigenvalue weighted by Gasteiger charge is -2.33. The third kappa shape index (κ3) is 6.84. The number of piperidine rings is 1. The minimum absolute atomic E-state index is 0.352. The van der Waals surface area contributed by atoms with Crippen molar-refractivity contribution in [2.75, 3.05) is 25.4 Å². The fourth-order valence-electron chi connectivity index (χ4n) is 6.79. The lowest BCUT2D eigenvalue weighted by atomic mass is 9.81. The largest absolute Gasteiger partial charge is 0.481 e. The fraction of sp³-hybridized carbons (Fsp3) is 0.679. The lowest BCUT2D eigenvalue weighted by molar-refractivity contribution is -0.170. The molecule has 2 unspecified atom stereocenters. The van der Waals surface area contributed by atoms with E-state index in [9.17, 15) is 19.5 Å². The van der Waals surface area contributed by atoms with Gasteiger partial charge in [0.25, 0.3) is 0 Å². The van der Waals surface area contributed by atoms with E-state index in [1.807, 2.05) is 6.07 Å². The zero-order chi connectivity index (χ0) is 28.1. The highest BCUT2D eigenvalue weighted by Gasteiger charge is 2.67. The summed E-state index contributed by atoms with van der Waals surface area (Å²) in [4.78, 5) is 33.1. The molecule has 7 N–H and O–H groups in total. The van der Waals surface area contributed by atoms with E-state index in [2.05, 4.69) is 30.0 Å². The molecule has 10 nitrogen and oxygen atoms in total. The molecule has 2 atom stereocenters. The van der Waals surface area contributed by atoms with Gasteiger partial charge >= 0.3 is 17.9 Å². The monoisotopic (exact) mass is 534 g/mol. The lowest BCUT2D eigenvalue weighted by Crippen LogP contribution is -2.42. The van der Waals surface area contributed by atoms with Gasteiger partial charge in [-0.25, -0.2) is 4.79 Å². The van der Waals surface area contributed by atoms with E-state index in [1.165, 1.54) is 44.3 Å². The Bertz CT molecular complexity index is 978. The number of aliphatic hydroxyl groups is 2. The third-order valence-electron chi connectivity index (χ3n) is 8.80. The zero-order valence-corrected chi connectivity index (χ0v) is 22.1. The first kappa shape index (κ1) is 29.9. The summed E-state index contributed by atoms with van der Waals surface area (Å²) < 4.78 is 0. The van der Waals surface area contributed by atoms with Crippen molar-refractivity contribution in [1.82, 2.24) is 4.90 Å². The van der Waals surface area contributed by atoms with Gasteiger partial charge in [-0.1, -0.05) is 38.3 Å². The molecule has 0 spiro atoms. The van der Waals surface area contributed by atoms with E-state index in [0.29, 0.717) is 5.41 Å². The summed E-state index contributed by atoms with van der Waals surface area (Å²) in [6.45, 7) is 5.95. The highest BCUT2D eigenvalue weighted by Crippen LogP contribution is 2.65. The molecule has 0 radical (unpaired) electrons. The van der Waals surface area contributed by atoms with E-state index in [0.717, 1.165) is 49.8 Å². The van der Waals surface area contributed by atoms with Gasteiger partial charge in [0, 0.05) is 24.2 Å². The number of fused-ring (bicyclic) bond motifs is 1. The summed E-state index contributed by atoms with van der Waals surface area (Å²) in [5, 5.41) is 44.5. The molecule has 10 heteroatoms. The number of carbonyl (C=O) groups is 3. The first-order valence-electron chi connectivity index (χ1n) is 13.6. The molecule has 3 fully saturated rings. The highest BCUT2D eigenvalue weighted by molar-refractivity contribution is 5.88. The second kappa shape index (κ2) is 12.0. The van der Waals surface area contributed by atoms with Crippen LogP contribution in [0, 0.1) is 11.8 Å². The Hall–Kier alpha value is -2.69. The van der Waals surface area contributed by atoms with Crippen molar-refractivity contribution in [2.24, 2.45) is 11.8 Å². The maximum absolute atomic E-state index is 10.7. The molecule has 2 saturated carbocycles. The second-order valence-corrected chi connectivity index (χ2v) is 11.4. The van der Waals surface area contributed by atoms with Gasteiger partial charge < -0.3 is 36.2 Å². The van der Waals surface area contributed by atoms with Gasteiger partial charge in [0.05, 0.1) is 18.4 Å². The van der Waals surface area contributed by atoms with Crippen molar-refractivity contribution in [3.05, 3.63) is 29.8 Å². The van der Waals surface area contributed by atoms with E-state index in [4.69, 9.17) is 26.2 Å². The van der Waals surface area contributed by atoms with Gasteiger partial charge in [0.15, 0.2) is 5.60 Å². The normalized spacial score (nSPS) is 26.1. The topological polar surface area (TPSA) is 182 Å².